The number of para-hydroxylation sites is 1. The van der Waals surface area contributed by atoms with Crippen LogP contribution in [0.2, 0.25) is 0 Å². The molecule has 0 bridgehead atoms. The molecule has 3 heteroatoms. The van der Waals surface area contributed by atoms with E-state index in [2.05, 4.69) is 18.8 Å². The van der Waals surface area contributed by atoms with Crippen LogP contribution in [0.25, 0.3) is 10.9 Å². The highest BCUT2D eigenvalue weighted by Crippen LogP contribution is 2.22. The van der Waals surface area contributed by atoms with Crippen molar-refractivity contribution < 1.29 is 9.84 Å². The van der Waals surface area contributed by atoms with Crippen molar-refractivity contribution in [1.29, 1.82) is 0 Å². The van der Waals surface area contributed by atoms with Crippen molar-refractivity contribution >= 4 is 10.9 Å². The van der Waals surface area contributed by atoms with Gasteiger partial charge in [-0.1, -0.05) is 32.0 Å². The highest BCUT2D eigenvalue weighted by Gasteiger charge is 2.05. The predicted molar refractivity (Wildman–Crippen MR) is 77.2 cm³/mol. The Bertz CT molecular complexity index is 537. The number of pyridine rings is 1. The van der Waals surface area contributed by atoms with E-state index in [1.165, 1.54) is 0 Å². The number of hydrogen-bond donors (Lipinski definition) is 1. The Morgan fingerprint density at radius 2 is 2.05 bits per heavy atom. The van der Waals surface area contributed by atoms with Crippen LogP contribution < -0.4 is 4.74 Å². The van der Waals surface area contributed by atoms with E-state index in [0.29, 0.717) is 18.4 Å². The van der Waals surface area contributed by atoms with Crippen LogP contribution in [0, 0.1) is 5.92 Å². The zero-order valence-corrected chi connectivity index (χ0v) is 11.6. The smallest absolute Gasteiger partial charge is 0.214 e. The quantitative estimate of drug-likeness (QED) is 0.807. The van der Waals surface area contributed by atoms with Crippen molar-refractivity contribution in [3.05, 3.63) is 35.9 Å². The Hall–Kier alpha value is -1.61. The molecule has 1 aromatic carbocycles. The number of aromatic nitrogens is 1. The molecule has 0 unspecified atom stereocenters. The van der Waals surface area contributed by atoms with Crippen molar-refractivity contribution in [2.24, 2.45) is 5.92 Å². The molecule has 0 atom stereocenters. The zero-order chi connectivity index (χ0) is 13.7. The third-order valence-corrected chi connectivity index (χ3v) is 3.12. The minimum Gasteiger partial charge on any atom is -0.478 e. The van der Waals surface area contributed by atoms with Crippen LogP contribution in [0.15, 0.2) is 30.3 Å². The van der Waals surface area contributed by atoms with Crippen LogP contribution in [-0.2, 0) is 6.61 Å². The molecule has 2 rings (SSSR count). The number of rotatable bonds is 6. The summed E-state index contributed by atoms with van der Waals surface area (Å²) in [4.78, 5) is 4.47. The lowest BCUT2D eigenvalue weighted by atomic mass is 10.1. The molecule has 1 N–H and O–H groups in total. The molecule has 0 aliphatic carbocycles. The maximum atomic E-state index is 9.42. The lowest BCUT2D eigenvalue weighted by molar-refractivity contribution is 0.275. The van der Waals surface area contributed by atoms with Gasteiger partial charge in [0, 0.05) is 11.5 Å². The lowest BCUT2D eigenvalue weighted by Crippen LogP contribution is -2.02. The molecular weight excluding hydrogens is 238 g/mol. The summed E-state index contributed by atoms with van der Waals surface area (Å²) in [6, 6.07) is 9.63. The molecule has 2 aromatic rings. The Labute approximate surface area is 114 Å². The molecule has 0 radical (unpaired) electrons. The minimum absolute atomic E-state index is 0.00534. The van der Waals surface area contributed by atoms with Gasteiger partial charge >= 0.3 is 0 Å². The summed E-state index contributed by atoms with van der Waals surface area (Å²) >= 11 is 0. The maximum absolute atomic E-state index is 9.42. The van der Waals surface area contributed by atoms with Crippen LogP contribution in [0.5, 0.6) is 5.88 Å². The first-order valence-electron chi connectivity index (χ1n) is 6.83. The van der Waals surface area contributed by atoms with Crippen LogP contribution in [-0.4, -0.2) is 16.7 Å². The van der Waals surface area contributed by atoms with Gasteiger partial charge in [-0.05, 0) is 30.4 Å². The van der Waals surface area contributed by atoms with Crippen molar-refractivity contribution in [1.82, 2.24) is 4.98 Å². The van der Waals surface area contributed by atoms with E-state index in [4.69, 9.17) is 4.74 Å². The SMILES string of the molecule is CC(C)CCCOc1cc(CO)c2ccccc2n1. The summed E-state index contributed by atoms with van der Waals surface area (Å²) in [5.74, 6) is 1.30. The van der Waals surface area contributed by atoms with Gasteiger partial charge in [-0.2, -0.15) is 0 Å². The highest BCUT2D eigenvalue weighted by atomic mass is 16.5. The third-order valence-electron chi connectivity index (χ3n) is 3.12. The molecule has 3 nitrogen and oxygen atoms in total. The average molecular weight is 259 g/mol. The first-order chi connectivity index (χ1) is 9.20. The summed E-state index contributed by atoms with van der Waals surface area (Å²) in [6.45, 7) is 5.09. The third kappa shape index (κ3) is 3.67. The van der Waals surface area contributed by atoms with Crippen molar-refractivity contribution in [3.63, 3.8) is 0 Å². The van der Waals surface area contributed by atoms with Gasteiger partial charge < -0.3 is 9.84 Å². The average Bonchev–Trinajstić information content (AvgIpc) is 2.42. The van der Waals surface area contributed by atoms with E-state index in [9.17, 15) is 5.11 Å². The normalized spacial score (nSPS) is 11.2. The van der Waals surface area contributed by atoms with Gasteiger partial charge in [0.15, 0.2) is 0 Å². The van der Waals surface area contributed by atoms with Crippen LogP contribution in [0.1, 0.15) is 32.3 Å². The maximum Gasteiger partial charge on any atom is 0.214 e. The van der Waals surface area contributed by atoms with Crippen molar-refractivity contribution in [3.8, 4) is 5.88 Å². The summed E-state index contributed by atoms with van der Waals surface area (Å²) in [5.41, 5.74) is 1.73. The minimum atomic E-state index is 0.00534. The molecule has 0 amide bonds. The largest absolute Gasteiger partial charge is 0.478 e. The molecule has 102 valence electrons. The van der Waals surface area contributed by atoms with Gasteiger partial charge in [-0.15, -0.1) is 0 Å². The Morgan fingerprint density at radius 3 is 2.79 bits per heavy atom. The Balaban J connectivity index is 2.11. The molecule has 19 heavy (non-hydrogen) atoms. The highest BCUT2D eigenvalue weighted by molar-refractivity contribution is 5.82. The van der Waals surface area contributed by atoms with Gasteiger partial charge in [0.25, 0.3) is 0 Å². The molecular formula is C16H21NO2. The first-order valence-corrected chi connectivity index (χ1v) is 6.83. The molecule has 1 aromatic heterocycles. The lowest BCUT2D eigenvalue weighted by Gasteiger charge is -2.10. The van der Waals surface area contributed by atoms with Gasteiger partial charge in [0.05, 0.1) is 18.7 Å². The fourth-order valence-electron chi connectivity index (χ4n) is 2.09. The monoisotopic (exact) mass is 259 g/mol. The van der Waals surface area contributed by atoms with Gasteiger partial charge in [0.2, 0.25) is 5.88 Å². The van der Waals surface area contributed by atoms with E-state index in [-0.39, 0.29) is 6.61 Å². The van der Waals surface area contributed by atoms with Gasteiger partial charge in [-0.3, -0.25) is 0 Å². The van der Waals surface area contributed by atoms with Gasteiger partial charge in [-0.25, -0.2) is 4.98 Å². The summed E-state index contributed by atoms with van der Waals surface area (Å²) in [5, 5.41) is 10.4. The van der Waals surface area contributed by atoms with E-state index in [1.807, 2.05) is 30.3 Å². The fraction of sp³-hybridized carbons (Fsp3) is 0.438. The van der Waals surface area contributed by atoms with Gasteiger partial charge in [0.1, 0.15) is 0 Å². The van der Waals surface area contributed by atoms with E-state index < -0.39 is 0 Å². The summed E-state index contributed by atoms with van der Waals surface area (Å²) in [6.07, 6.45) is 2.18. The van der Waals surface area contributed by atoms with E-state index in [0.717, 1.165) is 29.3 Å². The Morgan fingerprint density at radius 1 is 1.26 bits per heavy atom. The molecule has 0 aliphatic heterocycles. The number of benzene rings is 1. The topological polar surface area (TPSA) is 42.4 Å². The van der Waals surface area contributed by atoms with E-state index in [1.54, 1.807) is 0 Å². The van der Waals surface area contributed by atoms with Crippen LogP contribution in [0.3, 0.4) is 0 Å². The molecule has 0 spiro atoms. The zero-order valence-electron chi connectivity index (χ0n) is 11.6. The van der Waals surface area contributed by atoms with Crippen molar-refractivity contribution in [2.45, 2.75) is 33.3 Å². The first kappa shape index (κ1) is 13.8. The fourth-order valence-corrected chi connectivity index (χ4v) is 2.09. The molecule has 0 aliphatic rings. The second-order valence-corrected chi connectivity index (χ2v) is 5.18. The molecule has 0 saturated carbocycles. The van der Waals surface area contributed by atoms with Crippen molar-refractivity contribution in [2.75, 3.05) is 6.61 Å². The second-order valence-electron chi connectivity index (χ2n) is 5.18. The number of ether oxygens (including phenoxy) is 1. The molecule has 0 saturated heterocycles. The number of nitrogens with zero attached hydrogens (tertiary/aromatic N) is 1. The number of aliphatic hydroxyl groups excluding tert-OH is 1. The molecule has 1 heterocycles. The Kier molecular flexibility index (Phi) is 4.74. The van der Waals surface area contributed by atoms with E-state index >= 15 is 0 Å². The van der Waals surface area contributed by atoms with Crippen LogP contribution >= 0.6 is 0 Å². The predicted octanol–water partition coefficient (Wildman–Crippen LogP) is 3.54. The summed E-state index contributed by atoms with van der Waals surface area (Å²) in [7, 11) is 0. The number of aliphatic hydroxyl groups is 1. The standard InChI is InChI=1S/C16H21NO2/c1-12(2)6-5-9-19-16-10-13(11-18)14-7-3-4-8-15(14)17-16/h3-4,7-8,10,12,18H,5-6,9,11H2,1-2H3. The second kappa shape index (κ2) is 6.53. The number of hydrogen-bond acceptors (Lipinski definition) is 3. The van der Waals surface area contributed by atoms with Crippen LogP contribution in [0.4, 0.5) is 0 Å². The number of fused-ring (bicyclic) bond motifs is 1. The summed E-state index contributed by atoms with van der Waals surface area (Å²) < 4.78 is 5.68. The molecule has 0 fully saturated rings.